The average molecular weight is 322 g/mol. The van der Waals surface area contributed by atoms with E-state index in [4.69, 9.17) is 11.6 Å². The van der Waals surface area contributed by atoms with Crippen LogP contribution in [0, 0.1) is 17.5 Å². The maximum absolute atomic E-state index is 13.2. The van der Waals surface area contributed by atoms with Gasteiger partial charge in [0.15, 0.2) is 17.5 Å². The van der Waals surface area contributed by atoms with Gasteiger partial charge in [-0.15, -0.1) is 0 Å². The Balaban J connectivity index is 2.48. The van der Waals surface area contributed by atoms with Crippen molar-refractivity contribution in [1.29, 1.82) is 0 Å². The number of halogens is 4. The van der Waals surface area contributed by atoms with Crippen LogP contribution in [0.5, 0.6) is 0 Å². The maximum Gasteiger partial charge on any atom is 0.222 e. The lowest BCUT2D eigenvalue weighted by Gasteiger charge is -2.08. The van der Waals surface area contributed by atoms with Crippen LogP contribution in [-0.4, -0.2) is 8.42 Å². The number of nitrogens with one attached hydrogen (secondary N) is 1. The fourth-order valence-corrected chi connectivity index (χ4v) is 2.27. The molecule has 0 aliphatic heterocycles. The van der Waals surface area contributed by atoms with Gasteiger partial charge in [0.1, 0.15) is 0 Å². The second kappa shape index (κ2) is 5.72. The molecule has 20 heavy (non-hydrogen) atoms. The van der Waals surface area contributed by atoms with Crippen molar-refractivity contribution in [3.63, 3.8) is 0 Å². The quantitative estimate of drug-likeness (QED) is 0.672. The monoisotopic (exact) mass is 321 g/mol. The smallest absolute Gasteiger partial charge is 0.222 e. The van der Waals surface area contributed by atoms with Crippen molar-refractivity contribution in [1.82, 2.24) is 0 Å². The van der Waals surface area contributed by atoms with E-state index in [2.05, 4.69) is 4.72 Å². The van der Waals surface area contributed by atoms with Crippen molar-refractivity contribution in [3.8, 4) is 11.1 Å². The van der Waals surface area contributed by atoms with Crippen LogP contribution in [0.25, 0.3) is 11.1 Å². The fourth-order valence-electron chi connectivity index (χ4n) is 1.64. The molecule has 0 bridgehead atoms. The van der Waals surface area contributed by atoms with E-state index in [9.17, 15) is 21.6 Å². The van der Waals surface area contributed by atoms with Crippen LogP contribution in [0.4, 0.5) is 18.9 Å². The van der Waals surface area contributed by atoms with E-state index in [1.54, 1.807) is 0 Å². The Morgan fingerprint density at radius 2 is 1.60 bits per heavy atom. The number of hydrogen-bond acceptors (Lipinski definition) is 2. The van der Waals surface area contributed by atoms with E-state index < -0.39 is 28.3 Å². The Labute approximate surface area is 119 Å². The van der Waals surface area contributed by atoms with Gasteiger partial charge in [-0.05, 0) is 29.8 Å². The lowest BCUT2D eigenvalue weighted by atomic mass is 10.0. The summed E-state index contributed by atoms with van der Waals surface area (Å²) in [7, 11) is -2.85. The van der Waals surface area contributed by atoms with Crippen molar-refractivity contribution in [2.75, 3.05) is 4.72 Å². The van der Waals surface area contributed by atoms with E-state index in [-0.39, 0.29) is 21.8 Å². The van der Waals surface area contributed by atoms with Crippen molar-refractivity contribution in [3.05, 3.63) is 52.8 Å². The molecule has 0 fully saturated rings. The molecular weight excluding hydrogens is 315 g/mol. The highest BCUT2D eigenvalue weighted by Gasteiger charge is 2.13. The summed E-state index contributed by atoms with van der Waals surface area (Å²) >= 11 is 5.92. The van der Waals surface area contributed by atoms with E-state index in [0.29, 0.717) is 0 Å². The molecule has 8 heteroatoms. The maximum atomic E-state index is 13.2. The first kappa shape index (κ1) is 14.7. The highest BCUT2D eigenvalue weighted by molar-refractivity contribution is 7.73. The van der Waals surface area contributed by atoms with E-state index in [1.165, 1.54) is 18.2 Å². The minimum atomic E-state index is -2.85. The Morgan fingerprint density at radius 3 is 2.10 bits per heavy atom. The van der Waals surface area contributed by atoms with Crippen LogP contribution in [0.3, 0.4) is 0 Å². The van der Waals surface area contributed by atoms with Gasteiger partial charge in [0.25, 0.3) is 0 Å². The SMILES string of the molecule is O=[SH](=O)Nc1ccc(-c2cc(F)c(F)c(F)c2)c(Cl)c1. The van der Waals surface area contributed by atoms with Crippen molar-refractivity contribution >= 4 is 28.2 Å². The van der Waals surface area contributed by atoms with Gasteiger partial charge >= 0.3 is 0 Å². The summed E-state index contributed by atoms with van der Waals surface area (Å²) < 4.78 is 62.3. The first-order valence-corrected chi connectivity index (χ1v) is 6.79. The number of benzene rings is 2. The topological polar surface area (TPSA) is 46.2 Å². The van der Waals surface area contributed by atoms with Crippen molar-refractivity contribution < 1.29 is 21.6 Å². The zero-order chi connectivity index (χ0) is 14.9. The van der Waals surface area contributed by atoms with E-state index in [0.717, 1.165) is 12.1 Å². The van der Waals surface area contributed by atoms with Crippen LogP contribution in [0.15, 0.2) is 30.3 Å². The summed E-state index contributed by atoms with van der Waals surface area (Å²) in [4.78, 5) is 0. The molecule has 0 aliphatic rings. The molecule has 2 rings (SSSR count). The Morgan fingerprint density at radius 1 is 1.00 bits per heavy atom. The lowest BCUT2D eigenvalue weighted by molar-refractivity contribution is 0.448. The minimum absolute atomic E-state index is 0.0458. The third-order valence-electron chi connectivity index (χ3n) is 2.48. The van der Waals surface area contributed by atoms with Crippen LogP contribution in [0.1, 0.15) is 0 Å². The predicted molar refractivity (Wildman–Crippen MR) is 70.7 cm³/mol. The average Bonchev–Trinajstić information content (AvgIpc) is 2.34. The highest BCUT2D eigenvalue weighted by Crippen LogP contribution is 2.32. The Hall–Kier alpha value is -1.73. The number of hydrogen-bond donors (Lipinski definition) is 2. The summed E-state index contributed by atoms with van der Waals surface area (Å²) in [5.74, 6) is -4.23. The number of anilines is 1. The molecule has 0 saturated carbocycles. The van der Waals surface area contributed by atoms with Gasteiger partial charge in [-0.2, -0.15) is 0 Å². The molecule has 3 nitrogen and oxygen atoms in total. The largest absolute Gasteiger partial charge is 0.286 e. The molecule has 1 N–H and O–H groups in total. The minimum Gasteiger partial charge on any atom is -0.286 e. The normalized spacial score (nSPS) is 10.8. The van der Waals surface area contributed by atoms with Crippen molar-refractivity contribution in [2.45, 2.75) is 0 Å². The predicted octanol–water partition coefficient (Wildman–Crippen LogP) is 3.36. The van der Waals surface area contributed by atoms with Gasteiger partial charge in [0.2, 0.25) is 10.9 Å². The summed E-state index contributed by atoms with van der Waals surface area (Å²) in [5.41, 5.74) is 0.499. The molecule has 0 spiro atoms. The third-order valence-corrected chi connectivity index (χ3v) is 3.24. The van der Waals surface area contributed by atoms with E-state index >= 15 is 0 Å². The lowest BCUT2D eigenvalue weighted by Crippen LogP contribution is -1.96. The molecule has 0 atom stereocenters. The van der Waals surface area contributed by atoms with E-state index in [1.807, 2.05) is 0 Å². The third kappa shape index (κ3) is 3.05. The second-order valence-electron chi connectivity index (χ2n) is 3.82. The molecule has 2 aromatic carbocycles. The molecule has 0 amide bonds. The Kier molecular flexibility index (Phi) is 4.20. The van der Waals surface area contributed by atoms with Crippen LogP contribution >= 0.6 is 11.6 Å². The molecule has 0 saturated heterocycles. The van der Waals surface area contributed by atoms with Gasteiger partial charge in [0.05, 0.1) is 5.02 Å². The van der Waals surface area contributed by atoms with Gasteiger partial charge < -0.3 is 0 Å². The van der Waals surface area contributed by atoms with Gasteiger partial charge in [-0.3, -0.25) is 4.72 Å². The Bertz CT molecular complexity index is 718. The molecule has 106 valence electrons. The molecule has 0 aromatic heterocycles. The summed E-state index contributed by atoms with van der Waals surface area (Å²) in [6.07, 6.45) is 0. The molecule has 0 aliphatic carbocycles. The molecule has 2 aromatic rings. The van der Waals surface area contributed by atoms with Crippen LogP contribution in [0.2, 0.25) is 5.02 Å². The second-order valence-corrected chi connectivity index (χ2v) is 4.96. The number of thiol groups is 1. The summed E-state index contributed by atoms with van der Waals surface area (Å²) in [5, 5.41) is 0.0669. The van der Waals surface area contributed by atoms with Crippen LogP contribution in [-0.2, 0) is 10.9 Å². The summed E-state index contributed by atoms with van der Waals surface area (Å²) in [6.45, 7) is 0. The molecule has 0 unspecified atom stereocenters. The van der Waals surface area contributed by atoms with Gasteiger partial charge in [0, 0.05) is 11.3 Å². The standard InChI is InChI=1S/C12H7ClF3NO2S/c13-9-5-7(17-20(18)19)1-2-8(9)6-3-10(14)12(16)11(15)4-6/h1-5,20H,(H,17,18,19). The summed E-state index contributed by atoms with van der Waals surface area (Å²) in [6, 6.07) is 5.63. The molecular formula is C12H7ClF3NO2S. The van der Waals surface area contributed by atoms with Gasteiger partial charge in [-0.25, -0.2) is 21.6 Å². The molecule has 0 heterocycles. The van der Waals surface area contributed by atoms with Crippen molar-refractivity contribution in [2.24, 2.45) is 0 Å². The highest BCUT2D eigenvalue weighted by atomic mass is 35.5. The first-order chi connectivity index (χ1) is 9.38. The zero-order valence-electron chi connectivity index (χ0n) is 9.66. The van der Waals surface area contributed by atoms with Crippen LogP contribution < -0.4 is 4.72 Å². The number of rotatable bonds is 3. The zero-order valence-corrected chi connectivity index (χ0v) is 11.3. The molecule has 0 radical (unpaired) electrons. The fraction of sp³-hybridized carbons (Fsp3) is 0. The first-order valence-electron chi connectivity index (χ1n) is 5.24. The van der Waals surface area contributed by atoms with Gasteiger partial charge in [-0.1, -0.05) is 17.7 Å².